The molecule has 0 saturated carbocycles. The third kappa shape index (κ3) is 4.39. The standard InChI is InChI=1S/C10H19NO3/c1-5-11(4)9(6-12)7-14-10(13)8(2)3/h9,12H,2,5-7H2,1,3-4H3. The smallest absolute Gasteiger partial charge is 0.333 e. The van der Waals surface area contributed by atoms with E-state index in [9.17, 15) is 4.79 Å². The molecule has 0 saturated heterocycles. The van der Waals surface area contributed by atoms with Crippen LogP contribution in [-0.2, 0) is 9.53 Å². The Morgan fingerprint density at radius 3 is 2.57 bits per heavy atom. The molecule has 0 amide bonds. The Morgan fingerprint density at radius 1 is 1.64 bits per heavy atom. The third-order valence-electron chi connectivity index (χ3n) is 2.09. The van der Waals surface area contributed by atoms with E-state index in [1.807, 2.05) is 18.9 Å². The lowest BCUT2D eigenvalue weighted by atomic mass is 10.3. The third-order valence-corrected chi connectivity index (χ3v) is 2.09. The summed E-state index contributed by atoms with van der Waals surface area (Å²) in [5.74, 6) is -0.409. The summed E-state index contributed by atoms with van der Waals surface area (Å²) in [5.41, 5.74) is 0.376. The van der Waals surface area contributed by atoms with E-state index in [0.717, 1.165) is 6.54 Å². The summed E-state index contributed by atoms with van der Waals surface area (Å²) >= 11 is 0. The SMILES string of the molecule is C=C(C)C(=O)OCC(CO)N(C)CC. The minimum Gasteiger partial charge on any atom is -0.461 e. The number of carbonyl (C=O) groups is 1. The highest BCUT2D eigenvalue weighted by Gasteiger charge is 2.14. The van der Waals surface area contributed by atoms with Crippen molar-refractivity contribution in [3.05, 3.63) is 12.2 Å². The Kier molecular flexibility index (Phi) is 6.16. The minimum absolute atomic E-state index is 0.0200. The molecular formula is C10H19NO3. The first kappa shape index (κ1) is 13.1. The molecule has 4 nitrogen and oxygen atoms in total. The Bertz CT molecular complexity index is 204. The molecule has 0 bridgehead atoms. The number of rotatable bonds is 6. The van der Waals surface area contributed by atoms with Crippen molar-refractivity contribution >= 4 is 5.97 Å². The number of likely N-dealkylation sites (N-methyl/N-ethyl adjacent to an activating group) is 1. The number of hydrogen-bond donors (Lipinski definition) is 1. The van der Waals surface area contributed by atoms with Gasteiger partial charge in [-0.1, -0.05) is 13.5 Å². The molecule has 0 aliphatic rings. The first-order valence-electron chi connectivity index (χ1n) is 4.66. The van der Waals surface area contributed by atoms with Gasteiger partial charge in [-0.3, -0.25) is 4.90 Å². The average molecular weight is 201 g/mol. The molecule has 0 rings (SSSR count). The summed E-state index contributed by atoms with van der Waals surface area (Å²) in [6.07, 6.45) is 0. The van der Waals surface area contributed by atoms with Crippen molar-refractivity contribution in [2.45, 2.75) is 19.9 Å². The first-order chi connectivity index (χ1) is 6.52. The van der Waals surface area contributed by atoms with Gasteiger partial charge >= 0.3 is 5.97 Å². The summed E-state index contributed by atoms with van der Waals surface area (Å²) in [6.45, 7) is 8.03. The Labute approximate surface area is 85.2 Å². The highest BCUT2D eigenvalue weighted by Crippen LogP contribution is 1.99. The van der Waals surface area contributed by atoms with Gasteiger partial charge in [-0.05, 0) is 20.5 Å². The zero-order valence-electron chi connectivity index (χ0n) is 9.12. The molecule has 0 aromatic carbocycles. The maximum atomic E-state index is 11.1. The van der Waals surface area contributed by atoms with Crippen LogP contribution in [0, 0.1) is 0 Å². The summed E-state index contributed by atoms with van der Waals surface area (Å²) < 4.78 is 4.94. The van der Waals surface area contributed by atoms with Crippen molar-refractivity contribution in [3.63, 3.8) is 0 Å². The molecule has 0 aliphatic carbocycles. The normalized spacial score (nSPS) is 12.6. The van der Waals surface area contributed by atoms with Crippen LogP contribution < -0.4 is 0 Å². The van der Waals surface area contributed by atoms with Crippen molar-refractivity contribution in [2.75, 3.05) is 26.8 Å². The molecule has 0 fully saturated rings. The molecule has 0 radical (unpaired) electrons. The van der Waals surface area contributed by atoms with Gasteiger partial charge in [-0.2, -0.15) is 0 Å². The number of carbonyl (C=O) groups excluding carboxylic acids is 1. The van der Waals surface area contributed by atoms with Crippen LogP contribution in [0.3, 0.4) is 0 Å². The highest BCUT2D eigenvalue weighted by atomic mass is 16.5. The highest BCUT2D eigenvalue weighted by molar-refractivity contribution is 5.86. The quantitative estimate of drug-likeness (QED) is 0.500. The monoisotopic (exact) mass is 201 g/mol. The fraction of sp³-hybridized carbons (Fsp3) is 0.700. The van der Waals surface area contributed by atoms with Crippen LogP contribution in [0.15, 0.2) is 12.2 Å². The molecule has 1 N–H and O–H groups in total. The molecular weight excluding hydrogens is 182 g/mol. The second-order valence-corrected chi connectivity index (χ2v) is 3.29. The van der Waals surface area contributed by atoms with E-state index in [-0.39, 0.29) is 19.3 Å². The van der Waals surface area contributed by atoms with Crippen LogP contribution >= 0.6 is 0 Å². The summed E-state index contributed by atoms with van der Waals surface area (Å²) in [6, 6.07) is -0.136. The van der Waals surface area contributed by atoms with Crippen molar-refractivity contribution in [1.29, 1.82) is 0 Å². The second kappa shape index (κ2) is 6.56. The first-order valence-corrected chi connectivity index (χ1v) is 4.66. The van der Waals surface area contributed by atoms with Crippen molar-refractivity contribution in [1.82, 2.24) is 4.90 Å². The molecule has 82 valence electrons. The van der Waals surface area contributed by atoms with Crippen LogP contribution in [-0.4, -0.2) is 48.8 Å². The van der Waals surface area contributed by atoms with E-state index in [1.165, 1.54) is 0 Å². The largest absolute Gasteiger partial charge is 0.461 e. The van der Waals surface area contributed by atoms with Gasteiger partial charge in [0, 0.05) is 5.57 Å². The van der Waals surface area contributed by atoms with Crippen LogP contribution in [0.5, 0.6) is 0 Å². The van der Waals surface area contributed by atoms with Gasteiger partial charge < -0.3 is 9.84 Å². The molecule has 1 atom stereocenters. The molecule has 4 heteroatoms. The number of aliphatic hydroxyl groups excluding tert-OH is 1. The number of esters is 1. The summed E-state index contributed by atoms with van der Waals surface area (Å²) in [4.78, 5) is 13.0. The van der Waals surface area contributed by atoms with Crippen LogP contribution in [0.4, 0.5) is 0 Å². The van der Waals surface area contributed by atoms with Crippen molar-refractivity contribution in [3.8, 4) is 0 Å². The minimum atomic E-state index is -0.409. The zero-order chi connectivity index (χ0) is 11.1. The predicted octanol–water partition coefficient (Wildman–Crippen LogP) is 0.418. The van der Waals surface area contributed by atoms with Gasteiger partial charge in [-0.25, -0.2) is 4.79 Å². The number of ether oxygens (including phenoxy) is 1. The van der Waals surface area contributed by atoms with Gasteiger partial charge in [0.15, 0.2) is 0 Å². The fourth-order valence-electron chi connectivity index (χ4n) is 0.873. The molecule has 0 aromatic rings. The van der Waals surface area contributed by atoms with Gasteiger partial charge in [-0.15, -0.1) is 0 Å². The number of aliphatic hydroxyl groups is 1. The molecule has 0 aromatic heterocycles. The summed E-state index contributed by atoms with van der Waals surface area (Å²) in [7, 11) is 1.87. The Balaban J connectivity index is 3.95. The summed E-state index contributed by atoms with van der Waals surface area (Å²) in [5, 5.41) is 9.02. The van der Waals surface area contributed by atoms with Gasteiger partial charge in [0.25, 0.3) is 0 Å². The molecule has 0 spiro atoms. The lowest BCUT2D eigenvalue weighted by molar-refractivity contribution is -0.141. The predicted molar refractivity (Wildman–Crippen MR) is 55.0 cm³/mol. The Hall–Kier alpha value is -0.870. The molecule has 1 unspecified atom stereocenters. The lowest BCUT2D eigenvalue weighted by Crippen LogP contribution is -2.39. The number of nitrogens with zero attached hydrogens (tertiary/aromatic N) is 1. The fourth-order valence-corrected chi connectivity index (χ4v) is 0.873. The van der Waals surface area contributed by atoms with Gasteiger partial charge in [0.1, 0.15) is 6.61 Å². The van der Waals surface area contributed by atoms with E-state index >= 15 is 0 Å². The zero-order valence-corrected chi connectivity index (χ0v) is 9.12. The molecule has 14 heavy (non-hydrogen) atoms. The Morgan fingerprint density at radius 2 is 2.21 bits per heavy atom. The lowest BCUT2D eigenvalue weighted by Gasteiger charge is -2.24. The van der Waals surface area contributed by atoms with E-state index in [0.29, 0.717) is 5.57 Å². The average Bonchev–Trinajstić information content (AvgIpc) is 2.17. The van der Waals surface area contributed by atoms with Crippen LogP contribution in [0.25, 0.3) is 0 Å². The van der Waals surface area contributed by atoms with Crippen LogP contribution in [0.2, 0.25) is 0 Å². The van der Waals surface area contributed by atoms with E-state index < -0.39 is 5.97 Å². The molecule has 0 aliphatic heterocycles. The van der Waals surface area contributed by atoms with Gasteiger partial charge in [0.05, 0.1) is 12.6 Å². The maximum absolute atomic E-state index is 11.1. The van der Waals surface area contributed by atoms with E-state index in [4.69, 9.17) is 9.84 Å². The van der Waals surface area contributed by atoms with E-state index in [2.05, 4.69) is 6.58 Å². The van der Waals surface area contributed by atoms with E-state index in [1.54, 1.807) is 6.92 Å². The van der Waals surface area contributed by atoms with Crippen molar-refractivity contribution in [2.24, 2.45) is 0 Å². The van der Waals surface area contributed by atoms with Gasteiger partial charge in [0.2, 0.25) is 0 Å². The second-order valence-electron chi connectivity index (χ2n) is 3.29. The maximum Gasteiger partial charge on any atom is 0.333 e. The number of hydrogen-bond acceptors (Lipinski definition) is 4. The topological polar surface area (TPSA) is 49.8 Å². The molecule has 0 heterocycles. The van der Waals surface area contributed by atoms with Crippen LogP contribution in [0.1, 0.15) is 13.8 Å². The van der Waals surface area contributed by atoms with Crippen molar-refractivity contribution < 1.29 is 14.6 Å².